The molecule has 0 fully saturated rings. The molecule has 1 aliphatic heterocycles. The largest absolute Gasteiger partial charge is 0.490 e. The maximum absolute atomic E-state index is 12.0. The van der Waals surface area contributed by atoms with Crippen molar-refractivity contribution in [3.8, 4) is 11.5 Å². The van der Waals surface area contributed by atoms with E-state index >= 15 is 0 Å². The van der Waals surface area contributed by atoms with Gasteiger partial charge in [0, 0.05) is 24.7 Å². The molecule has 23 heavy (non-hydrogen) atoms. The number of benzene rings is 2. The fourth-order valence-corrected chi connectivity index (χ4v) is 2.42. The number of carbonyl (C=O) groups excluding carboxylic acids is 1. The summed E-state index contributed by atoms with van der Waals surface area (Å²) in [7, 11) is 0. The number of ether oxygens (including phenoxy) is 2. The summed E-state index contributed by atoms with van der Waals surface area (Å²) in [6.07, 6.45) is 0.856. The van der Waals surface area contributed by atoms with E-state index in [1.165, 1.54) is 5.56 Å². The fraction of sp³-hybridized carbons (Fsp3) is 0.278. The zero-order chi connectivity index (χ0) is 16.1. The molecule has 0 saturated heterocycles. The van der Waals surface area contributed by atoms with Crippen molar-refractivity contribution >= 4 is 11.7 Å². The highest BCUT2D eigenvalue weighted by Crippen LogP contribution is 2.32. The fourth-order valence-electron chi connectivity index (χ4n) is 2.42. The van der Waals surface area contributed by atoms with Crippen LogP contribution in [-0.4, -0.2) is 19.2 Å². The van der Waals surface area contributed by atoms with Crippen LogP contribution in [0.2, 0.25) is 0 Å². The summed E-state index contributed by atoms with van der Waals surface area (Å²) in [5.41, 5.74) is 2.92. The lowest BCUT2D eigenvalue weighted by molar-refractivity contribution is 0.251. The first kappa shape index (κ1) is 15.2. The van der Waals surface area contributed by atoms with E-state index < -0.39 is 0 Å². The number of aryl methyl sites for hydroxylation is 1. The standard InChI is InChI=1S/C18H20N2O3/c1-13-4-2-5-14(10-13)12-19-18(21)20-15-6-7-16-17(11-15)23-9-3-8-22-16/h2,4-7,10-11H,3,8-9,12H2,1H3,(H2,19,20,21). The summed E-state index contributed by atoms with van der Waals surface area (Å²) in [6, 6.07) is 13.2. The summed E-state index contributed by atoms with van der Waals surface area (Å²) in [4.78, 5) is 12.0. The molecule has 2 aromatic carbocycles. The first-order valence-corrected chi connectivity index (χ1v) is 7.71. The molecule has 0 saturated carbocycles. The number of urea groups is 1. The van der Waals surface area contributed by atoms with Gasteiger partial charge >= 0.3 is 6.03 Å². The number of rotatable bonds is 3. The van der Waals surface area contributed by atoms with E-state index in [0.717, 1.165) is 12.0 Å². The van der Waals surface area contributed by atoms with Gasteiger partial charge < -0.3 is 20.1 Å². The molecule has 2 aromatic rings. The molecule has 2 amide bonds. The maximum Gasteiger partial charge on any atom is 0.319 e. The zero-order valence-electron chi connectivity index (χ0n) is 13.1. The average Bonchev–Trinajstić information content (AvgIpc) is 2.78. The molecule has 1 aliphatic rings. The van der Waals surface area contributed by atoms with Crippen molar-refractivity contribution in [1.29, 1.82) is 0 Å². The van der Waals surface area contributed by atoms with Gasteiger partial charge in [0.25, 0.3) is 0 Å². The Morgan fingerprint density at radius 2 is 1.91 bits per heavy atom. The van der Waals surface area contributed by atoms with Crippen LogP contribution in [0, 0.1) is 6.92 Å². The summed E-state index contributed by atoms with van der Waals surface area (Å²) >= 11 is 0. The Morgan fingerprint density at radius 1 is 1.09 bits per heavy atom. The van der Waals surface area contributed by atoms with Crippen molar-refractivity contribution in [3.63, 3.8) is 0 Å². The van der Waals surface area contributed by atoms with Crippen molar-refractivity contribution in [3.05, 3.63) is 53.6 Å². The smallest absolute Gasteiger partial charge is 0.319 e. The number of carbonyl (C=O) groups is 1. The molecular formula is C18H20N2O3. The molecule has 2 N–H and O–H groups in total. The van der Waals surface area contributed by atoms with Crippen LogP contribution in [0.4, 0.5) is 10.5 Å². The Labute approximate surface area is 135 Å². The van der Waals surface area contributed by atoms with Crippen LogP contribution in [0.3, 0.4) is 0 Å². The molecule has 0 bridgehead atoms. The van der Waals surface area contributed by atoms with Gasteiger partial charge in [-0.3, -0.25) is 0 Å². The predicted molar refractivity (Wildman–Crippen MR) is 89.1 cm³/mol. The molecule has 0 unspecified atom stereocenters. The topological polar surface area (TPSA) is 59.6 Å². The van der Waals surface area contributed by atoms with Crippen LogP contribution >= 0.6 is 0 Å². The maximum atomic E-state index is 12.0. The van der Waals surface area contributed by atoms with E-state index in [2.05, 4.69) is 10.6 Å². The Bertz CT molecular complexity index is 700. The second-order valence-corrected chi connectivity index (χ2v) is 5.51. The van der Waals surface area contributed by atoms with Crippen LogP contribution in [0.1, 0.15) is 17.5 Å². The highest BCUT2D eigenvalue weighted by molar-refractivity contribution is 5.89. The molecule has 5 heteroatoms. The van der Waals surface area contributed by atoms with E-state index in [1.54, 1.807) is 12.1 Å². The Kier molecular flexibility index (Phi) is 4.66. The Hall–Kier alpha value is -2.69. The van der Waals surface area contributed by atoms with Crippen molar-refractivity contribution in [2.75, 3.05) is 18.5 Å². The van der Waals surface area contributed by atoms with Gasteiger partial charge in [-0.1, -0.05) is 29.8 Å². The highest BCUT2D eigenvalue weighted by Gasteiger charge is 2.11. The third-order valence-corrected chi connectivity index (χ3v) is 3.54. The molecule has 0 aliphatic carbocycles. The molecule has 0 radical (unpaired) electrons. The van der Waals surface area contributed by atoms with Crippen LogP contribution < -0.4 is 20.1 Å². The van der Waals surface area contributed by atoms with Crippen LogP contribution in [0.15, 0.2) is 42.5 Å². The van der Waals surface area contributed by atoms with E-state index in [9.17, 15) is 4.79 Å². The Balaban J connectivity index is 1.58. The van der Waals surface area contributed by atoms with E-state index in [-0.39, 0.29) is 6.03 Å². The first-order chi connectivity index (χ1) is 11.2. The lowest BCUT2D eigenvalue weighted by atomic mass is 10.1. The van der Waals surface area contributed by atoms with Gasteiger partial charge in [-0.05, 0) is 24.6 Å². The van der Waals surface area contributed by atoms with Gasteiger partial charge in [-0.2, -0.15) is 0 Å². The van der Waals surface area contributed by atoms with Crippen LogP contribution in [0.5, 0.6) is 11.5 Å². The van der Waals surface area contributed by atoms with E-state index in [0.29, 0.717) is 36.9 Å². The lowest BCUT2D eigenvalue weighted by Gasteiger charge is -2.11. The minimum Gasteiger partial charge on any atom is -0.490 e. The van der Waals surface area contributed by atoms with E-state index in [4.69, 9.17) is 9.47 Å². The highest BCUT2D eigenvalue weighted by atomic mass is 16.5. The van der Waals surface area contributed by atoms with Gasteiger partial charge in [-0.15, -0.1) is 0 Å². The SMILES string of the molecule is Cc1cccc(CNC(=O)Nc2ccc3c(c2)OCCCO3)c1. The number of fused-ring (bicyclic) bond motifs is 1. The molecular weight excluding hydrogens is 292 g/mol. The van der Waals surface area contributed by atoms with Gasteiger partial charge in [0.2, 0.25) is 0 Å². The minimum absolute atomic E-state index is 0.249. The number of nitrogens with one attached hydrogen (secondary N) is 2. The number of amides is 2. The molecule has 0 aromatic heterocycles. The van der Waals surface area contributed by atoms with Crippen LogP contribution in [0.25, 0.3) is 0 Å². The average molecular weight is 312 g/mol. The van der Waals surface area contributed by atoms with Crippen molar-refractivity contribution in [2.45, 2.75) is 19.9 Å². The van der Waals surface area contributed by atoms with Crippen molar-refractivity contribution in [2.24, 2.45) is 0 Å². The molecule has 0 spiro atoms. The van der Waals surface area contributed by atoms with Crippen molar-refractivity contribution < 1.29 is 14.3 Å². The second kappa shape index (κ2) is 7.05. The minimum atomic E-state index is -0.249. The third kappa shape index (κ3) is 4.16. The summed E-state index contributed by atoms with van der Waals surface area (Å²) < 4.78 is 11.2. The third-order valence-electron chi connectivity index (χ3n) is 3.54. The normalized spacial score (nSPS) is 13.1. The lowest BCUT2D eigenvalue weighted by Crippen LogP contribution is -2.28. The number of anilines is 1. The van der Waals surface area contributed by atoms with Gasteiger partial charge in [0.15, 0.2) is 11.5 Å². The van der Waals surface area contributed by atoms with E-state index in [1.807, 2.05) is 37.3 Å². The quantitative estimate of drug-likeness (QED) is 0.912. The van der Waals surface area contributed by atoms with Gasteiger partial charge in [0.05, 0.1) is 13.2 Å². The Morgan fingerprint density at radius 3 is 2.74 bits per heavy atom. The predicted octanol–water partition coefficient (Wildman–Crippen LogP) is 3.48. The second-order valence-electron chi connectivity index (χ2n) is 5.51. The monoisotopic (exact) mass is 312 g/mol. The number of hydrogen-bond donors (Lipinski definition) is 2. The van der Waals surface area contributed by atoms with Crippen molar-refractivity contribution in [1.82, 2.24) is 5.32 Å². The molecule has 120 valence electrons. The molecule has 0 atom stereocenters. The first-order valence-electron chi connectivity index (χ1n) is 7.71. The van der Waals surface area contributed by atoms with Gasteiger partial charge in [-0.25, -0.2) is 4.79 Å². The molecule has 1 heterocycles. The summed E-state index contributed by atoms with van der Waals surface area (Å²) in [6.45, 7) is 3.78. The van der Waals surface area contributed by atoms with Crippen LogP contribution in [-0.2, 0) is 6.54 Å². The summed E-state index contributed by atoms with van der Waals surface area (Å²) in [5, 5.41) is 5.66. The van der Waals surface area contributed by atoms with Gasteiger partial charge in [0.1, 0.15) is 0 Å². The molecule has 3 rings (SSSR count). The zero-order valence-corrected chi connectivity index (χ0v) is 13.1. The number of hydrogen-bond acceptors (Lipinski definition) is 3. The molecule has 5 nitrogen and oxygen atoms in total. The summed E-state index contributed by atoms with van der Waals surface area (Å²) in [5.74, 6) is 1.38.